The minimum atomic E-state index is -0.623. The maximum absolute atomic E-state index is 12.0. The Morgan fingerprint density at radius 1 is 1.26 bits per heavy atom. The summed E-state index contributed by atoms with van der Waals surface area (Å²) in [4.78, 5) is 12.5. The van der Waals surface area contributed by atoms with Gasteiger partial charge in [-0.25, -0.2) is 0 Å². The van der Waals surface area contributed by atoms with Gasteiger partial charge in [0.15, 0.2) is 0 Å². The van der Waals surface area contributed by atoms with E-state index in [1.807, 2.05) is 42.5 Å². The van der Waals surface area contributed by atoms with E-state index in [1.165, 1.54) is 0 Å². The number of amides is 1. The number of aromatic nitrogens is 2. The lowest BCUT2D eigenvalue weighted by Crippen LogP contribution is -2.25. The van der Waals surface area contributed by atoms with Crippen LogP contribution in [0.25, 0.3) is 10.8 Å². The van der Waals surface area contributed by atoms with Crippen LogP contribution < -0.4 is 5.32 Å². The van der Waals surface area contributed by atoms with Crippen molar-refractivity contribution >= 4 is 28.2 Å². The molecular weight excluding hydrogens is 310 g/mol. The fraction of sp³-hybridized carbons (Fsp3) is 0.235. The summed E-state index contributed by atoms with van der Waals surface area (Å²) >= 11 is 1.08. The van der Waals surface area contributed by atoms with E-state index < -0.39 is 6.10 Å². The molecule has 0 spiro atoms. The summed E-state index contributed by atoms with van der Waals surface area (Å²) in [7, 11) is 0. The maximum Gasteiger partial charge on any atom is 0.264 e. The third-order valence-corrected chi connectivity index (χ3v) is 4.57. The Morgan fingerprint density at radius 2 is 2.04 bits per heavy atom. The Labute approximate surface area is 138 Å². The number of aliphatic hydroxyl groups is 1. The number of nitrogens with zero attached hydrogens (tertiary/aromatic N) is 2. The van der Waals surface area contributed by atoms with Gasteiger partial charge in [-0.2, -0.15) is 0 Å². The van der Waals surface area contributed by atoms with Gasteiger partial charge in [-0.3, -0.25) is 4.79 Å². The SMILES string of the molecule is Cc1nnsc1C(=O)NCC[C@@H](O)c1cccc2ccccc12. The van der Waals surface area contributed by atoms with E-state index in [4.69, 9.17) is 0 Å². The summed E-state index contributed by atoms with van der Waals surface area (Å²) < 4.78 is 3.75. The highest BCUT2D eigenvalue weighted by molar-refractivity contribution is 7.07. The first-order valence-corrected chi connectivity index (χ1v) is 8.17. The first kappa shape index (κ1) is 15.6. The molecule has 0 aliphatic rings. The molecule has 118 valence electrons. The van der Waals surface area contributed by atoms with Crippen molar-refractivity contribution in [3.8, 4) is 0 Å². The zero-order valence-electron chi connectivity index (χ0n) is 12.7. The normalized spacial score (nSPS) is 12.3. The molecule has 3 aromatic rings. The van der Waals surface area contributed by atoms with E-state index in [0.717, 1.165) is 27.9 Å². The quantitative estimate of drug-likeness (QED) is 0.755. The molecule has 1 atom stereocenters. The molecule has 1 amide bonds. The molecule has 0 saturated heterocycles. The Balaban J connectivity index is 1.64. The fourth-order valence-corrected chi connectivity index (χ4v) is 3.11. The Kier molecular flexibility index (Phi) is 4.64. The third kappa shape index (κ3) is 3.38. The van der Waals surface area contributed by atoms with Gasteiger partial charge in [-0.05, 0) is 41.2 Å². The summed E-state index contributed by atoms with van der Waals surface area (Å²) in [6.07, 6.45) is -0.174. The molecule has 2 aromatic carbocycles. The Bertz CT molecular complexity index is 826. The van der Waals surface area contributed by atoms with Crippen molar-refractivity contribution in [3.63, 3.8) is 0 Å². The van der Waals surface area contributed by atoms with Gasteiger partial charge in [0, 0.05) is 6.54 Å². The molecule has 0 unspecified atom stereocenters. The topological polar surface area (TPSA) is 75.1 Å². The molecule has 0 fully saturated rings. The highest BCUT2D eigenvalue weighted by atomic mass is 32.1. The van der Waals surface area contributed by atoms with Crippen LogP contribution in [0.4, 0.5) is 0 Å². The van der Waals surface area contributed by atoms with E-state index in [0.29, 0.717) is 23.5 Å². The lowest BCUT2D eigenvalue weighted by molar-refractivity contribution is 0.0946. The zero-order valence-corrected chi connectivity index (χ0v) is 13.5. The molecule has 0 radical (unpaired) electrons. The van der Waals surface area contributed by atoms with Gasteiger partial charge in [0.25, 0.3) is 5.91 Å². The average molecular weight is 327 g/mol. The second kappa shape index (κ2) is 6.85. The number of benzene rings is 2. The summed E-state index contributed by atoms with van der Waals surface area (Å²) in [5.41, 5.74) is 1.51. The number of aryl methyl sites for hydroxylation is 1. The number of fused-ring (bicyclic) bond motifs is 1. The Hall–Kier alpha value is -2.31. The van der Waals surface area contributed by atoms with Crippen LogP contribution in [-0.4, -0.2) is 27.1 Å². The van der Waals surface area contributed by atoms with Crippen molar-refractivity contribution in [1.29, 1.82) is 0 Å². The highest BCUT2D eigenvalue weighted by Crippen LogP contribution is 2.25. The zero-order chi connectivity index (χ0) is 16.2. The van der Waals surface area contributed by atoms with Crippen molar-refractivity contribution in [3.05, 3.63) is 58.6 Å². The second-order valence-corrected chi connectivity index (χ2v) is 6.07. The molecule has 6 heteroatoms. The molecule has 0 aliphatic carbocycles. The third-order valence-electron chi connectivity index (χ3n) is 3.74. The van der Waals surface area contributed by atoms with Crippen LogP contribution in [0.2, 0.25) is 0 Å². The van der Waals surface area contributed by atoms with Gasteiger partial charge >= 0.3 is 0 Å². The van der Waals surface area contributed by atoms with Crippen LogP contribution in [0.3, 0.4) is 0 Å². The summed E-state index contributed by atoms with van der Waals surface area (Å²) in [6.45, 7) is 2.14. The van der Waals surface area contributed by atoms with Gasteiger partial charge in [0.2, 0.25) is 0 Å². The molecule has 23 heavy (non-hydrogen) atoms. The van der Waals surface area contributed by atoms with Crippen molar-refractivity contribution < 1.29 is 9.90 Å². The number of carbonyl (C=O) groups excluding carboxylic acids is 1. The molecule has 1 heterocycles. The van der Waals surface area contributed by atoms with Crippen LogP contribution in [0, 0.1) is 6.92 Å². The van der Waals surface area contributed by atoms with Crippen LogP contribution in [0.1, 0.15) is 33.5 Å². The average Bonchev–Trinajstić information content (AvgIpc) is 3.00. The van der Waals surface area contributed by atoms with Crippen molar-refractivity contribution in [2.24, 2.45) is 0 Å². The van der Waals surface area contributed by atoms with Gasteiger partial charge in [-0.15, -0.1) is 5.10 Å². The molecule has 0 saturated carbocycles. The van der Waals surface area contributed by atoms with Gasteiger partial charge in [-0.1, -0.05) is 47.0 Å². The number of rotatable bonds is 5. The number of hydrogen-bond donors (Lipinski definition) is 2. The van der Waals surface area contributed by atoms with E-state index in [9.17, 15) is 9.90 Å². The van der Waals surface area contributed by atoms with E-state index in [-0.39, 0.29) is 5.91 Å². The molecular formula is C17H17N3O2S. The first-order valence-electron chi connectivity index (χ1n) is 7.39. The van der Waals surface area contributed by atoms with Gasteiger partial charge < -0.3 is 10.4 Å². The summed E-state index contributed by atoms with van der Waals surface area (Å²) in [5.74, 6) is -0.192. The molecule has 3 rings (SSSR count). The van der Waals surface area contributed by atoms with E-state index in [1.54, 1.807) is 6.92 Å². The minimum absolute atomic E-state index is 0.192. The van der Waals surface area contributed by atoms with E-state index in [2.05, 4.69) is 14.9 Å². The molecule has 5 nitrogen and oxygen atoms in total. The van der Waals surface area contributed by atoms with Crippen molar-refractivity contribution in [2.45, 2.75) is 19.4 Å². The molecule has 0 aliphatic heterocycles. The van der Waals surface area contributed by atoms with Crippen molar-refractivity contribution in [1.82, 2.24) is 14.9 Å². The van der Waals surface area contributed by atoms with Crippen LogP contribution in [0.15, 0.2) is 42.5 Å². The lowest BCUT2D eigenvalue weighted by Gasteiger charge is -2.14. The molecule has 0 bridgehead atoms. The van der Waals surface area contributed by atoms with Crippen LogP contribution >= 0.6 is 11.5 Å². The maximum atomic E-state index is 12.0. The monoisotopic (exact) mass is 327 g/mol. The number of carbonyl (C=O) groups is 1. The second-order valence-electron chi connectivity index (χ2n) is 5.32. The van der Waals surface area contributed by atoms with Crippen LogP contribution in [-0.2, 0) is 0 Å². The Morgan fingerprint density at radius 3 is 2.83 bits per heavy atom. The van der Waals surface area contributed by atoms with Gasteiger partial charge in [0.1, 0.15) is 4.88 Å². The standard InChI is InChI=1S/C17H17N3O2S/c1-11-16(23-20-19-11)17(22)18-10-9-15(21)14-8-4-6-12-5-2-3-7-13(12)14/h2-8,15,21H,9-10H2,1H3,(H,18,22)/t15-/m1/s1. The van der Waals surface area contributed by atoms with E-state index >= 15 is 0 Å². The molecule has 2 N–H and O–H groups in total. The van der Waals surface area contributed by atoms with Crippen LogP contribution in [0.5, 0.6) is 0 Å². The lowest BCUT2D eigenvalue weighted by atomic mass is 9.99. The number of aliphatic hydroxyl groups excluding tert-OH is 1. The largest absolute Gasteiger partial charge is 0.388 e. The predicted octanol–water partition coefficient (Wildman–Crippen LogP) is 2.85. The fourth-order valence-electron chi connectivity index (χ4n) is 2.54. The smallest absolute Gasteiger partial charge is 0.264 e. The first-order chi connectivity index (χ1) is 11.2. The summed E-state index contributed by atoms with van der Waals surface area (Å²) in [6, 6.07) is 13.8. The molecule has 1 aromatic heterocycles. The minimum Gasteiger partial charge on any atom is -0.388 e. The highest BCUT2D eigenvalue weighted by Gasteiger charge is 2.14. The summed E-state index contributed by atoms with van der Waals surface area (Å²) in [5, 5.41) is 19.2. The number of nitrogens with one attached hydrogen (secondary N) is 1. The van der Waals surface area contributed by atoms with Crippen molar-refractivity contribution in [2.75, 3.05) is 6.54 Å². The predicted molar refractivity (Wildman–Crippen MR) is 90.5 cm³/mol. The number of hydrogen-bond acceptors (Lipinski definition) is 5. The van der Waals surface area contributed by atoms with Gasteiger partial charge in [0.05, 0.1) is 11.8 Å².